The minimum Gasteiger partial charge on any atom is -0.490 e. The molecule has 8 rings (SSSR count). The maximum atomic E-state index is 6.10. The fourth-order valence-electron chi connectivity index (χ4n) is 7.25. The topological polar surface area (TPSA) is 87.0 Å². The summed E-state index contributed by atoms with van der Waals surface area (Å²) in [6, 6.07) is 17.5. The smallest absolute Gasteiger partial charge is 0.125 e. The predicted octanol–water partition coefficient (Wildman–Crippen LogP) is 10.3. The zero-order valence-corrected chi connectivity index (χ0v) is 36.7. The van der Waals surface area contributed by atoms with E-state index in [2.05, 4.69) is 142 Å². The fraction of sp³-hybridized carbons (Fsp3) is 0.451. The molecule has 0 bridgehead atoms. The number of aryl methyl sites for hydroxylation is 7. The van der Waals surface area contributed by atoms with E-state index in [1.807, 2.05) is 0 Å². The summed E-state index contributed by atoms with van der Waals surface area (Å²) in [5.74, 6) is 3.88. The van der Waals surface area contributed by atoms with Crippen LogP contribution < -0.4 is 18.9 Å². The van der Waals surface area contributed by atoms with Crippen molar-refractivity contribution in [2.75, 3.05) is 52.9 Å². The summed E-state index contributed by atoms with van der Waals surface area (Å²) in [5, 5.41) is 0. The molecule has 0 radical (unpaired) electrons. The minimum atomic E-state index is -0.00648. The Morgan fingerprint density at radius 1 is 0.441 bits per heavy atom. The first-order chi connectivity index (χ1) is 28.2. The second-order valence-electron chi connectivity index (χ2n) is 17.6. The molecule has 4 heterocycles. The van der Waals surface area contributed by atoms with Crippen LogP contribution in [-0.4, -0.2) is 77.3 Å². The number of hydrogen-bond donors (Lipinski definition) is 0. The van der Waals surface area contributed by atoms with Gasteiger partial charge in [-0.15, -0.1) is 0 Å². The molecule has 4 saturated heterocycles. The predicted molar refractivity (Wildman–Crippen MR) is 236 cm³/mol. The zero-order chi connectivity index (χ0) is 41.8. The summed E-state index contributed by atoms with van der Waals surface area (Å²) in [4.78, 5) is 0. The van der Waals surface area contributed by atoms with Crippen LogP contribution >= 0.6 is 0 Å². The highest BCUT2D eigenvalue weighted by atomic mass is 16.6. The average Bonchev–Trinajstić information content (AvgIpc) is 3.97. The van der Waals surface area contributed by atoms with Gasteiger partial charge in [-0.05, 0) is 164 Å². The first kappa shape index (κ1) is 42.5. The van der Waals surface area contributed by atoms with Crippen LogP contribution in [0.25, 0.3) is 24.3 Å². The van der Waals surface area contributed by atoms with E-state index in [1.54, 1.807) is 0 Å². The van der Waals surface area contributed by atoms with Crippen molar-refractivity contribution in [1.29, 1.82) is 0 Å². The standard InChI is InChI=1S/C27H34O4.C24H28O4/c1-17-11-25(30-15-22-13-28-22)24(27(4,5)6)12-21(17)8-7-20-9-18(2)26(19(3)10-20)31-16-23-14-29-23;1-15-7-19(8-16(2)23(15)27-13-21-11-25-21)5-6-20-9-17(3)24(18(4)10-20)28-14-22-12-26-22/h7-12,22-23H,13-16H2,1-6H3;5-10,21-22H,11-14H2,1-4H3/b8-7+;6-5+. The van der Waals surface area contributed by atoms with Gasteiger partial charge in [0.15, 0.2) is 0 Å². The lowest BCUT2D eigenvalue weighted by Crippen LogP contribution is -2.15. The average molecular weight is 803 g/mol. The Morgan fingerprint density at radius 3 is 1.05 bits per heavy atom. The summed E-state index contributed by atoms with van der Waals surface area (Å²) in [6.45, 7) is 27.2. The number of benzene rings is 4. The number of rotatable bonds is 16. The molecule has 4 aromatic carbocycles. The van der Waals surface area contributed by atoms with Crippen LogP contribution in [0, 0.1) is 48.5 Å². The maximum Gasteiger partial charge on any atom is 0.125 e. The van der Waals surface area contributed by atoms with Crippen molar-refractivity contribution in [2.24, 2.45) is 0 Å². The van der Waals surface area contributed by atoms with Crippen LogP contribution in [0.4, 0.5) is 0 Å². The molecule has 4 fully saturated rings. The van der Waals surface area contributed by atoms with Crippen molar-refractivity contribution in [1.82, 2.24) is 0 Å². The van der Waals surface area contributed by atoms with Crippen molar-refractivity contribution in [3.05, 3.63) is 115 Å². The van der Waals surface area contributed by atoms with Crippen molar-refractivity contribution in [3.8, 4) is 23.0 Å². The van der Waals surface area contributed by atoms with E-state index < -0.39 is 0 Å². The van der Waals surface area contributed by atoms with E-state index in [0.29, 0.717) is 26.4 Å². The number of ether oxygens (including phenoxy) is 8. The summed E-state index contributed by atoms with van der Waals surface area (Å²) >= 11 is 0. The number of hydrogen-bond acceptors (Lipinski definition) is 8. The molecule has 8 nitrogen and oxygen atoms in total. The molecule has 0 N–H and O–H groups in total. The van der Waals surface area contributed by atoms with Crippen molar-refractivity contribution >= 4 is 24.3 Å². The van der Waals surface area contributed by atoms with Gasteiger partial charge in [0, 0.05) is 5.56 Å². The minimum absolute atomic E-state index is 0.00648. The third-order valence-corrected chi connectivity index (χ3v) is 10.8. The van der Waals surface area contributed by atoms with Crippen molar-refractivity contribution < 1.29 is 37.9 Å². The second kappa shape index (κ2) is 18.3. The SMILES string of the molecule is Cc1cc(/C=C/c2cc(C)c(OCC3CO3)c(C)c2)cc(C)c1OCC1CO1.Cc1cc(OCC2CO2)c(C(C)(C)C)cc1/C=C/c1cc(C)c(OCC2CO2)c(C)c1. The van der Waals surface area contributed by atoms with E-state index >= 15 is 0 Å². The summed E-state index contributed by atoms with van der Waals surface area (Å²) in [6.07, 6.45) is 9.75. The largest absolute Gasteiger partial charge is 0.490 e. The lowest BCUT2D eigenvalue weighted by Gasteiger charge is -2.24. The van der Waals surface area contributed by atoms with E-state index in [4.69, 9.17) is 37.9 Å². The van der Waals surface area contributed by atoms with Gasteiger partial charge in [-0.2, -0.15) is 0 Å². The molecule has 0 aromatic heterocycles. The molecule has 59 heavy (non-hydrogen) atoms. The van der Waals surface area contributed by atoms with E-state index in [-0.39, 0.29) is 29.8 Å². The van der Waals surface area contributed by atoms with Gasteiger partial charge in [-0.1, -0.05) is 45.1 Å². The maximum absolute atomic E-state index is 6.10. The van der Waals surface area contributed by atoms with Crippen LogP contribution in [-0.2, 0) is 24.4 Å². The van der Waals surface area contributed by atoms with E-state index in [0.717, 1.165) is 82.8 Å². The zero-order valence-electron chi connectivity index (χ0n) is 36.7. The Kier molecular flexibility index (Phi) is 13.2. The monoisotopic (exact) mass is 802 g/mol. The van der Waals surface area contributed by atoms with Gasteiger partial charge in [-0.3, -0.25) is 0 Å². The lowest BCUT2D eigenvalue weighted by molar-refractivity contribution is 0.258. The van der Waals surface area contributed by atoms with Crippen LogP contribution in [0.15, 0.2) is 48.5 Å². The van der Waals surface area contributed by atoms with Gasteiger partial charge in [0.05, 0.1) is 26.4 Å². The summed E-state index contributed by atoms with van der Waals surface area (Å²) < 4.78 is 44.9. The van der Waals surface area contributed by atoms with Gasteiger partial charge >= 0.3 is 0 Å². The molecule has 4 atom stereocenters. The molecule has 4 aliphatic rings. The highest BCUT2D eigenvalue weighted by Crippen LogP contribution is 2.36. The van der Waals surface area contributed by atoms with Gasteiger partial charge in [0.1, 0.15) is 73.8 Å². The van der Waals surface area contributed by atoms with Gasteiger partial charge in [0.25, 0.3) is 0 Å². The van der Waals surface area contributed by atoms with E-state index in [9.17, 15) is 0 Å². The van der Waals surface area contributed by atoms with Crippen LogP contribution in [0.2, 0.25) is 0 Å². The Hall–Kier alpha value is -4.60. The molecule has 0 aliphatic carbocycles. The molecular weight excluding hydrogens is 741 g/mol. The highest BCUT2D eigenvalue weighted by Gasteiger charge is 2.27. The summed E-state index contributed by atoms with van der Waals surface area (Å²) in [7, 11) is 0. The third kappa shape index (κ3) is 12.2. The van der Waals surface area contributed by atoms with Crippen LogP contribution in [0.1, 0.15) is 87.5 Å². The van der Waals surface area contributed by atoms with Gasteiger partial charge in [-0.25, -0.2) is 0 Å². The molecule has 0 spiro atoms. The molecule has 0 amide bonds. The van der Waals surface area contributed by atoms with Crippen molar-refractivity contribution in [3.63, 3.8) is 0 Å². The Balaban J connectivity index is 0.000000180. The number of epoxide rings is 4. The van der Waals surface area contributed by atoms with E-state index in [1.165, 1.54) is 33.4 Å². The Morgan fingerprint density at radius 2 is 0.746 bits per heavy atom. The molecule has 314 valence electrons. The molecule has 4 aliphatic heterocycles. The molecular formula is C51H62O8. The highest BCUT2D eigenvalue weighted by molar-refractivity contribution is 5.74. The summed E-state index contributed by atoms with van der Waals surface area (Å²) in [5.41, 5.74) is 14.1. The molecule has 0 saturated carbocycles. The van der Waals surface area contributed by atoms with Crippen molar-refractivity contribution in [2.45, 2.75) is 99.1 Å². The molecule has 4 aromatic rings. The van der Waals surface area contributed by atoms with Crippen LogP contribution in [0.3, 0.4) is 0 Å². The van der Waals surface area contributed by atoms with Crippen LogP contribution in [0.5, 0.6) is 23.0 Å². The lowest BCUT2D eigenvalue weighted by atomic mass is 9.84. The fourth-order valence-corrected chi connectivity index (χ4v) is 7.25. The van der Waals surface area contributed by atoms with Gasteiger partial charge < -0.3 is 37.9 Å². The van der Waals surface area contributed by atoms with Gasteiger partial charge in [0.2, 0.25) is 0 Å². The quantitative estimate of drug-likeness (QED) is 0.0818. The third-order valence-electron chi connectivity index (χ3n) is 10.8. The normalized spacial score (nSPS) is 20.3. The Labute approximate surface area is 351 Å². The second-order valence-corrected chi connectivity index (χ2v) is 17.6. The molecule has 8 heteroatoms. The first-order valence-electron chi connectivity index (χ1n) is 21.0. The molecule has 4 unspecified atom stereocenters. The Bertz CT molecular complexity index is 2030. The first-order valence-corrected chi connectivity index (χ1v) is 21.0.